The molecule has 0 saturated carbocycles. The van der Waals surface area contributed by atoms with E-state index in [9.17, 15) is 14.9 Å². The van der Waals surface area contributed by atoms with E-state index in [1.54, 1.807) is 6.20 Å². The number of hydrogen-bond acceptors (Lipinski definition) is 5. The molecule has 0 aliphatic carbocycles. The third-order valence-corrected chi connectivity index (χ3v) is 3.57. The van der Waals surface area contributed by atoms with Crippen LogP contribution in [-0.4, -0.2) is 22.4 Å². The van der Waals surface area contributed by atoms with Gasteiger partial charge in [-0.1, -0.05) is 12.1 Å². The fourth-order valence-corrected chi connectivity index (χ4v) is 2.30. The monoisotopic (exact) mass is 337 g/mol. The molecule has 2 aromatic carbocycles. The quantitative estimate of drug-likeness (QED) is 0.551. The number of ether oxygens (including phenoxy) is 1. The van der Waals surface area contributed by atoms with E-state index >= 15 is 0 Å². The topological polar surface area (TPSA) is 94.4 Å². The fourth-order valence-electron chi connectivity index (χ4n) is 2.30. The molecule has 126 valence electrons. The number of fused-ring (bicyclic) bond motifs is 1. The third kappa shape index (κ3) is 4.29. The minimum Gasteiger partial charge on any atom is -0.484 e. The number of nitrogens with one attached hydrogen (secondary N) is 1. The van der Waals surface area contributed by atoms with Crippen molar-refractivity contribution >= 4 is 22.5 Å². The number of nitro groups is 1. The SMILES string of the molecule is O=C(COc1ccc([N+](=O)[O-])cc1)NCc1ccc2ncccc2c1. The lowest BCUT2D eigenvalue weighted by atomic mass is 10.1. The summed E-state index contributed by atoms with van der Waals surface area (Å²) in [6.45, 7) is 0.222. The zero-order chi connectivity index (χ0) is 17.6. The predicted octanol–water partition coefficient (Wildman–Crippen LogP) is 2.84. The van der Waals surface area contributed by atoms with Crippen molar-refractivity contribution in [2.24, 2.45) is 0 Å². The van der Waals surface area contributed by atoms with Crippen molar-refractivity contribution in [3.8, 4) is 5.75 Å². The lowest BCUT2D eigenvalue weighted by Crippen LogP contribution is -2.28. The van der Waals surface area contributed by atoms with E-state index in [0.29, 0.717) is 12.3 Å². The number of carbonyl (C=O) groups excluding carboxylic acids is 1. The van der Waals surface area contributed by atoms with Crippen molar-refractivity contribution in [2.45, 2.75) is 6.54 Å². The molecule has 3 rings (SSSR count). The molecular weight excluding hydrogens is 322 g/mol. The Morgan fingerprint density at radius 1 is 1.16 bits per heavy atom. The molecule has 1 heterocycles. The molecular formula is C18H15N3O4. The van der Waals surface area contributed by atoms with E-state index < -0.39 is 4.92 Å². The standard InChI is InChI=1S/C18H15N3O4/c22-18(12-25-16-6-4-15(5-7-16)21(23)24)20-11-13-3-8-17-14(10-13)2-1-9-19-17/h1-10H,11-12H2,(H,20,22). The van der Waals surface area contributed by atoms with Gasteiger partial charge in [0.2, 0.25) is 0 Å². The normalized spacial score (nSPS) is 10.4. The van der Waals surface area contributed by atoms with Crippen LogP contribution in [0.25, 0.3) is 10.9 Å². The molecule has 0 fully saturated rings. The number of non-ortho nitro benzene ring substituents is 1. The van der Waals surface area contributed by atoms with Crippen molar-refractivity contribution in [2.75, 3.05) is 6.61 Å². The number of carbonyl (C=O) groups is 1. The van der Waals surface area contributed by atoms with Gasteiger partial charge in [0.1, 0.15) is 5.75 Å². The first-order valence-corrected chi connectivity index (χ1v) is 7.59. The Balaban J connectivity index is 1.51. The molecule has 0 atom stereocenters. The minimum absolute atomic E-state index is 0.0254. The van der Waals surface area contributed by atoms with E-state index in [1.165, 1.54) is 24.3 Å². The molecule has 0 radical (unpaired) electrons. The number of rotatable bonds is 6. The van der Waals surface area contributed by atoms with E-state index in [-0.39, 0.29) is 18.2 Å². The Morgan fingerprint density at radius 3 is 2.72 bits per heavy atom. The Morgan fingerprint density at radius 2 is 1.96 bits per heavy atom. The van der Waals surface area contributed by atoms with Crippen LogP contribution in [0.3, 0.4) is 0 Å². The van der Waals surface area contributed by atoms with Gasteiger partial charge < -0.3 is 10.1 Å². The first-order valence-electron chi connectivity index (χ1n) is 7.59. The Labute approximate surface area is 143 Å². The van der Waals surface area contributed by atoms with Crippen LogP contribution in [0.1, 0.15) is 5.56 Å². The maximum atomic E-state index is 11.9. The van der Waals surface area contributed by atoms with Crippen LogP contribution in [0.4, 0.5) is 5.69 Å². The maximum absolute atomic E-state index is 11.9. The molecule has 25 heavy (non-hydrogen) atoms. The maximum Gasteiger partial charge on any atom is 0.269 e. The van der Waals surface area contributed by atoms with Crippen LogP contribution in [0, 0.1) is 10.1 Å². The molecule has 7 nitrogen and oxygen atoms in total. The van der Waals surface area contributed by atoms with Gasteiger partial charge >= 0.3 is 0 Å². The zero-order valence-corrected chi connectivity index (χ0v) is 13.2. The highest BCUT2D eigenvalue weighted by atomic mass is 16.6. The second kappa shape index (κ2) is 7.39. The van der Waals surface area contributed by atoms with Gasteiger partial charge in [0.15, 0.2) is 6.61 Å². The Hall–Kier alpha value is -3.48. The van der Waals surface area contributed by atoms with E-state index in [2.05, 4.69) is 10.3 Å². The second-order valence-corrected chi connectivity index (χ2v) is 5.35. The van der Waals surface area contributed by atoms with Crippen LogP contribution >= 0.6 is 0 Å². The highest BCUT2D eigenvalue weighted by Gasteiger charge is 2.07. The van der Waals surface area contributed by atoms with Crippen LogP contribution < -0.4 is 10.1 Å². The summed E-state index contributed by atoms with van der Waals surface area (Å²) in [6, 6.07) is 15.2. The Kier molecular flexibility index (Phi) is 4.84. The summed E-state index contributed by atoms with van der Waals surface area (Å²) < 4.78 is 5.32. The molecule has 0 aliphatic rings. The smallest absolute Gasteiger partial charge is 0.269 e. The van der Waals surface area contributed by atoms with Gasteiger partial charge in [0.05, 0.1) is 10.4 Å². The van der Waals surface area contributed by atoms with Gasteiger partial charge in [0.25, 0.3) is 11.6 Å². The van der Waals surface area contributed by atoms with Crippen molar-refractivity contribution in [3.05, 3.63) is 76.5 Å². The average Bonchev–Trinajstić information content (AvgIpc) is 2.65. The van der Waals surface area contributed by atoms with Crippen molar-refractivity contribution < 1.29 is 14.5 Å². The van der Waals surface area contributed by atoms with Gasteiger partial charge in [0, 0.05) is 30.3 Å². The summed E-state index contributed by atoms with van der Waals surface area (Å²) in [7, 11) is 0. The summed E-state index contributed by atoms with van der Waals surface area (Å²) in [5.41, 5.74) is 1.84. The summed E-state index contributed by atoms with van der Waals surface area (Å²) in [4.78, 5) is 26.2. The fraction of sp³-hybridized carbons (Fsp3) is 0.111. The average molecular weight is 337 g/mol. The second-order valence-electron chi connectivity index (χ2n) is 5.35. The molecule has 0 unspecified atom stereocenters. The first kappa shape index (κ1) is 16.4. The number of nitrogens with zero attached hydrogens (tertiary/aromatic N) is 2. The van der Waals surface area contributed by atoms with Crippen molar-refractivity contribution in [1.29, 1.82) is 0 Å². The van der Waals surface area contributed by atoms with Gasteiger partial charge in [-0.15, -0.1) is 0 Å². The van der Waals surface area contributed by atoms with Gasteiger partial charge in [-0.25, -0.2) is 0 Å². The van der Waals surface area contributed by atoms with Crippen LogP contribution in [-0.2, 0) is 11.3 Å². The molecule has 0 bridgehead atoms. The van der Waals surface area contributed by atoms with E-state index in [1.807, 2.05) is 30.3 Å². The molecule has 7 heteroatoms. The summed E-state index contributed by atoms with van der Waals surface area (Å²) in [5, 5.41) is 14.4. The molecule has 0 spiro atoms. The van der Waals surface area contributed by atoms with Gasteiger partial charge in [-0.2, -0.15) is 0 Å². The minimum atomic E-state index is -0.491. The lowest BCUT2D eigenvalue weighted by molar-refractivity contribution is -0.384. The van der Waals surface area contributed by atoms with E-state index in [4.69, 9.17) is 4.74 Å². The zero-order valence-electron chi connectivity index (χ0n) is 13.2. The Bertz CT molecular complexity index is 910. The van der Waals surface area contributed by atoms with Gasteiger partial charge in [-0.05, 0) is 35.9 Å². The number of pyridine rings is 1. The molecule has 0 saturated heterocycles. The first-order chi connectivity index (χ1) is 12.1. The van der Waals surface area contributed by atoms with Gasteiger partial charge in [-0.3, -0.25) is 19.9 Å². The number of nitro benzene ring substituents is 1. The highest BCUT2D eigenvalue weighted by Crippen LogP contribution is 2.17. The highest BCUT2D eigenvalue weighted by molar-refractivity contribution is 5.80. The number of amides is 1. The lowest BCUT2D eigenvalue weighted by Gasteiger charge is -2.08. The largest absolute Gasteiger partial charge is 0.484 e. The number of hydrogen-bond donors (Lipinski definition) is 1. The van der Waals surface area contributed by atoms with Crippen molar-refractivity contribution in [1.82, 2.24) is 10.3 Å². The molecule has 0 aliphatic heterocycles. The van der Waals surface area contributed by atoms with E-state index in [0.717, 1.165) is 16.5 Å². The summed E-state index contributed by atoms with van der Waals surface area (Å²) >= 11 is 0. The summed E-state index contributed by atoms with van der Waals surface area (Å²) in [5.74, 6) is 0.127. The van der Waals surface area contributed by atoms with Crippen LogP contribution in [0.5, 0.6) is 5.75 Å². The third-order valence-electron chi connectivity index (χ3n) is 3.57. The van der Waals surface area contributed by atoms with Crippen molar-refractivity contribution in [3.63, 3.8) is 0 Å². The van der Waals surface area contributed by atoms with Crippen LogP contribution in [0.2, 0.25) is 0 Å². The molecule has 1 amide bonds. The predicted molar refractivity (Wildman–Crippen MR) is 92.2 cm³/mol. The number of benzene rings is 2. The van der Waals surface area contributed by atoms with Crippen LogP contribution in [0.15, 0.2) is 60.8 Å². The molecule has 3 aromatic rings. The summed E-state index contributed by atoms with van der Waals surface area (Å²) in [6.07, 6.45) is 1.74. The molecule has 1 N–H and O–H groups in total. The molecule has 1 aromatic heterocycles. The number of aromatic nitrogens is 1.